The summed E-state index contributed by atoms with van der Waals surface area (Å²) in [7, 11) is 1.80. The molecule has 23 heavy (non-hydrogen) atoms. The van der Waals surface area contributed by atoms with E-state index in [1.165, 1.54) is 0 Å². The third-order valence-corrected chi connectivity index (χ3v) is 3.84. The Morgan fingerprint density at radius 1 is 1.13 bits per heavy atom. The number of nitrogens with zero attached hydrogens (tertiary/aromatic N) is 2. The van der Waals surface area contributed by atoms with Gasteiger partial charge in [-0.1, -0.05) is 30.3 Å². The Bertz CT molecular complexity index is 684. The number of rotatable bonds is 7. The fraction of sp³-hybridized carbons (Fsp3) is 0.353. The number of benzene rings is 1. The van der Waals surface area contributed by atoms with Crippen LogP contribution in [-0.4, -0.2) is 28.5 Å². The first-order valence-electron chi connectivity index (χ1n) is 7.80. The molecular weight excluding hydrogens is 308 g/mol. The van der Waals surface area contributed by atoms with Gasteiger partial charge in [-0.25, -0.2) is 4.68 Å². The minimum atomic E-state index is -0.0563. The molecule has 2 rings (SSSR count). The molecular formula is C17H22N4OS. The maximum Gasteiger partial charge on any atom is 0.266 e. The Hall–Kier alpha value is -2.21. The van der Waals surface area contributed by atoms with E-state index < -0.39 is 0 Å². The number of unbranched alkanes of at least 4 members (excludes halogenated alkanes) is 2. The molecule has 5 nitrogen and oxygen atoms in total. The maximum atomic E-state index is 11.9. The lowest BCUT2D eigenvalue weighted by atomic mass is 10.1. The van der Waals surface area contributed by atoms with Crippen molar-refractivity contribution >= 4 is 17.3 Å². The molecule has 2 N–H and O–H groups in total. The molecule has 0 fully saturated rings. The zero-order valence-corrected chi connectivity index (χ0v) is 14.1. The Labute approximate surface area is 141 Å². The highest BCUT2D eigenvalue weighted by atomic mass is 32.1. The molecule has 0 radical (unpaired) electrons. The molecule has 0 spiro atoms. The predicted molar refractivity (Wildman–Crippen MR) is 97.4 cm³/mol. The molecule has 122 valence electrons. The average molecular weight is 330 g/mol. The topological polar surface area (TPSA) is 58.9 Å². The van der Waals surface area contributed by atoms with Crippen LogP contribution in [0, 0.1) is 0 Å². The van der Waals surface area contributed by atoms with Crippen molar-refractivity contribution in [1.29, 1.82) is 0 Å². The van der Waals surface area contributed by atoms with Crippen molar-refractivity contribution in [2.45, 2.75) is 25.8 Å². The van der Waals surface area contributed by atoms with E-state index in [0.29, 0.717) is 11.7 Å². The number of aromatic nitrogens is 2. The molecule has 0 bridgehead atoms. The van der Waals surface area contributed by atoms with E-state index in [1.807, 2.05) is 30.3 Å². The Kier molecular flexibility index (Phi) is 6.75. The SMILES string of the molecule is CNC(=S)NCCCCCn1nc(-c2ccccc2)ccc1=O. The van der Waals surface area contributed by atoms with E-state index in [-0.39, 0.29) is 5.56 Å². The zero-order chi connectivity index (χ0) is 16.5. The summed E-state index contributed by atoms with van der Waals surface area (Å²) in [6.07, 6.45) is 2.94. The van der Waals surface area contributed by atoms with Crippen molar-refractivity contribution in [3.8, 4) is 11.3 Å². The minimum Gasteiger partial charge on any atom is -0.366 e. The highest BCUT2D eigenvalue weighted by Gasteiger charge is 2.03. The van der Waals surface area contributed by atoms with E-state index in [1.54, 1.807) is 23.9 Å². The molecule has 0 amide bonds. The predicted octanol–water partition coefficient (Wildman–Crippen LogP) is 2.17. The molecule has 1 aromatic heterocycles. The third kappa shape index (κ3) is 5.49. The molecule has 2 aromatic rings. The summed E-state index contributed by atoms with van der Waals surface area (Å²) in [6, 6.07) is 13.2. The largest absolute Gasteiger partial charge is 0.366 e. The zero-order valence-electron chi connectivity index (χ0n) is 13.3. The quantitative estimate of drug-likeness (QED) is 0.602. The van der Waals surface area contributed by atoms with E-state index in [0.717, 1.165) is 37.1 Å². The maximum absolute atomic E-state index is 11.9. The van der Waals surface area contributed by atoms with Crippen LogP contribution in [0.25, 0.3) is 11.3 Å². The normalized spacial score (nSPS) is 10.3. The number of nitrogens with one attached hydrogen (secondary N) is 2. The molecule has 0 aliphatic heterocycles. The van der Waals surface area contributed by atoms with Gasteiger partial charge in [0.25, 0.3) is 5.56 Å². The lowest BCUT2D eigenvalue weighted by molar-refractivity contribution is 0.522. The monoisotopic (exact) mass is 330 g/mol. The molecule has 1 heterocycles. The van der Waals surface area contributed by atoms with Gasteiger partial charge < -0.3 is 10.6 Å². The van der Waals surface area contributed by atoms with Gasteiger partial charge in [-0.2, -0.15) is 5.10 Å². The van der Waals surface area contributed by atoms with Gasteiger partial charge in [-0.05, 0) is 37.5 Å². The average Bonchev–Trinajstić information content (AvgIpc) is 2.59. The first-order chi connectivity index (χ1) is 11.2. The van der Waals surface area contributed by atoms with Crippen LogP contribution in [-0.2, 0) is 6.54 Å². The summed E-state index contributed by atoms with van der Waals surface area (Å²) in [6.45, 7) is 1.47. The van der Waals surface area contributed by atoms with Crippen LogP contribution in [0.2, 0.25) is 0 Å². The fourth-order valence-electron chi connectivity index (χ4n) is 2.23. The van der Waals surface area contributed by atoms with E-state index in [4.69, 9.17) is 12.2 Å². The fourth-order valence-corrected chi connectivity index (χ4v) is 2.33. The molecule has 0 atom stereocenters. The van der Waals surface area contributed by atoms with Crippen LogP contribution >= 0.6 is 12.2 Å². The summed E-state index contributed by atoms with van der Waals surface area (Å²) in [5, 5.41) is 11.1. The summed E-state index contributed by atoms with van der Waals surface area (Å²) < 4.78 is 1.55. The number of hydrogen-bond donors (Lipinski definition) is 2. The van der Waals surface area contributed by atoms with Crippen LogP contribution in [0.5, 0.6) is 0 Å². The number of aryl methyl sites for hydroxylation is 1. The summed E-state index contributed by atoms with van der Waals surface area (Å²) in [4.78, 5) is 11.9. The lowest BCUT2D eigenvalue weighted by Gasteiger charge is -2.08. The van der Waals surface area contributed by atoms with Gasteiger partial charge in [0.15, 0.2) is 5.11 Å². The molecule has 6 heteroatoms. The minimum absolute atomic E-state index is 0.0563. The first-order valence-corrected chi connectivity index (χ1v) is 8.20. The Morgan fingerprint density at radius 2 is 1.91 bits per heavy atom. The molecule has 0 unspecified atom stereocenters. The second-order valence-electron chi connectivity index (χ2n) is 5.21. The van der Waals surface area contributed by atoms with Crippen LogP contribution in [0.1, 0.15) is 19.3 Å². The molecule has 0 saturated heterocycles. The van der Waals surface area contributed by atoms with Gasteiger partial charge in [-0.3, -0.25) is 4.79 Å². The first kappa shape index (κ1) is 17.1. The van der Waals surface area contributed by atoms with E-state index >= 15 is 0 Å². The van der Waals surface area contributed by atoms with Crippen LogP contribution < -0.4 is 16.2 Å². The highest BCUT2D eigenvalue weighted by molar-refractivity contribution is 7.80. The van der Waals surface area contributed by atoms with Gasteiger partial charge in [0, 0.05) is 31.8 Å². The Balaban J connectivity index is 1.86. The number of thiocarbonyl (C=S) groups is 1. The van der Waals surface area contributed by atoms with Crippen molar-refractivity contribution in [3.63, 3.8) is 0 Å². The van der Waals surface area contributed by atoms with Gasteiger partial charge in [0.05, 0.1) is 5.69 Å². The highest BCUT2D eigenvalue weighted by Crippen LogP contribution is 2.14. The van der Waals surface area contributed by atoms with Crippen molar-refractivity contribution in [1.82, 2.24) is 20.4 Å². The van der Waals surface area contributed by atoms with Crippen molar-refractivity contribution in [2.75, 3.05) is 13.6 Å². The lowest BCUT2D eigenvalue weighted by Crippen LogP contribution is -2.33. The second kappa shape index (κ2) is 9.05. The van der Waals surface area contributed by atoms with Gasteiger partial charge in [0.2, 0.25) is 0 Å². The molecule has 1 aromatic carbocycles. The summed E-state index contributed by atoms with van der Waals surface area (Å²) in [5.41, 5.74) is 1.79. The number of hydrogen-bond acceptors (Lipinski definition) is 3. The van der Waals surface area contributed by atoms with Crippen molar-refractivity contribution < 1.29 is 0 Å². The van der Waals surface area contributed by atoms with Crippen LogP contribution in [0.4, 0.5) is 0 Å². The van der Waals surface area contributed by atoms with Crippen molar-refractivity contribution in [2.24, 2.45) is 0 Å². The molecule has 0 saturated carbocycles. The third-order valence-electron chi connectivity index (χ3n) is 3.50. The van der Waals surface area contributed by atoms with Crippen LogP contribution in [0.15, 0.2) is 47.3 Å². The van der Waals surface area contributed by atoms with Gasteiger partial charge >= 0.3 is 0 Å². The second-order valence-corrected chi connectivity index (χ2v) is 5.62. The Morgan fingerprint density at radius 3 is 2.65 bits per heavy atom. The van der Waals surface area contributed by atoms with E-state index in [2.05, 4.69) is 15.7 Å². The molecule has 0 aliphatic carbocycles. The molecule has 0 aliphatic rings. The van der Waals surface area contributed by atoms with Gasteiger partial charge in [0.1, 0.15) is 0 Å². The van der Waals surface area contributed by atoms with Crippen LogP contribution in [0.3, 0.4) is 0 Å². The smallest absolute Gasteiger partial charge is 0.266 e. The summed E-state index contributed by atoms with van der Waals surface area (Å²) >= 11 is 5.01. The van der Waals surface area contributed by atoms with Gasteiger partial charge in [-0.15, -0.1) is 0 Å². The standard InChI is InChI=1S/C17H22N4OS/c1-18-17(23)19-12-6-3-7-13-21-16(22)11-10-15(20-21)14-8-4-2-5-9-14/h2,4-5,8-11H,3,6-7,12-13H2,1H3,(H2,18,19,23). The van der Waals surface area contributed by atoms with Crippen molar-refractivity contribution in [3.05, 3.63) is 52.8 Å². The summed E-state index contributed by atoms with van der Waals surface area (Å²) in [5.74, 6) is 0. The van der Waals surface area contributed by atoms with E-state index in [9.17, 15) is 4.79 Å².